The van der Waals surface area contributed by atoms with Crippen molar-refractivity contribution >= 4 is 23.2 Å². The lowest BCUT2D eigenvalue weighted by molar-refractivity contribution is -0.141. The van der Waals surface area contributed by atoms with Crippen LogP contribution in [0.25, 0.3) is 11.3 Å². The Morgan fingerprint density at radius 3 is 2.44 bits per heavy atom. The first-order valence-electron chi connectivity index (χ1n) is 11.5. The number of rotatable bonds is 5. The summed E-state index contributed by atoms with van der Waals surface area (Å²) in [5.74, 6) is -0.391. The maximum Gasteiger partial charge on any atom is 0.433 e. The molecule has 2 aliphatic rings. The maximum absolute atomic E-state index is 13.2. The average molecular weight is 515 g/mol. The molecule has 0 unspecified atom stereocenters. The zero-order valence-corrected chi connectivity index (χ0v) is 20.0. The summed E-state index contributed by atoms with van der Waals surface area (Å²) in [7, 11) is 0. The van der Waals surface area contributed by atoms with Crippen LogP contribution in [0.3, 0.4) is 0 Å². The standard InChI is InChI=1S/C26H22ClF3N4O2/c1-15(16-3-6-23(32-13-16)26(28,29)30)33-24(35)19-10-17(21-5-4-20(27)14-31-21)9-18(11-19)22-12-25(36-34-22)7-2-8-25/h3-6,9-11,13-15H,2,7-8,12H2,1H3,(H,33,35)/t15-/m1/s1. The van der Waals surface area contributed by atoms with Gasteiger partial charge in [0, 0.05) is 35.5 Å². The van der Waals surface area contributed by atoms with E-state index in [9.17, 15) is 18.0 Å². The molecule has 3 heterocycles. The second-order valence-electron chi connectivity index (χ2n) is 9.17. The Balaban J connectivity index is 1.42. The van der Waals surface area contributed by atoms with Crippen LogP contribution < -0.4 is 5.32 Å². The molecule has 0 radical (unpaired) electrons. The molecule has 2 aromatic heterocycles. The molecule has 1 aliphatic carbocycles. The number of benzene rings is 1. The number of alkyl halides is 3. The van der Waals surface area contributed by atoms with Crippen LogP contribution in [0.5, 0.6) is 0 Å². The zero-order chi connectivity index (χ0) is 25.5. The highest BCUT2D eigenvalue weighted by molar-refractivity contribution is 6.30. The SMILES string of the molecule is C[C@@H](NC(=O)c1cc(C2=NOC3(CCC3)C2)cc(-c2ccc(Cl)cn2)c1)c1ccc(C(F)(F)F)nc1. The molecule has 3 aromatic rings. The summed E-state index contributed by atoms with van der Waals surface area (Å²) < 4.78 is 38.5. The van der Waals surface area contributed by atoms with Gasteiger partial charge in [-0.25, -0.2) is 0 Å². The molecule has 1 fully saturated rings. The van der Waals surface area contributed by atoms with Crippen molar-refractivity contribution in [3.05, 3.63) is 82.3 Å². The largest absolute Gasteiger partial charge is 0.433 e. The summed E-state index contributed by atoms with van der Waals surface area (Å²) in [6.45, 7) is 1.68. The van der Waals surface area contributed by atoms with Gasteiger partial charge in [0.1, 0.15) is 11.3 Å². The Hall–Kier alpha value is -3.46. The van der Waals surface area contributed by atoms with Crippen LogP contribution in [0.4, 0.5) is 13.2 Å². The van der Waals surface area contributed by atoms with E-state index in [4.69, 9.17) is 16.4 Å². The predicted molar refractivity (Wildman–Crippen MR) is 129 cm³/mol. The lowest BCUT2D eigenvalue weighted by atomic mass is 9.76. The van der Waals surface area contributed by atoms with Crippen molar-refractivity contribution in [3.63, 3.8) is 0 Å². The highest BCUT2D eigenvalue weighted by Gasteiger charge is 2.45. The van der Waals surface area contributed by atoms with Crippen molar-refractivity contribution < 1.29 is 22.8 Å². The van der Waals surface area contributed by atoms with Crippen LogP contribution in [0.2, 0.25) is 5.02 Å². The first-order valence-corrected chi connectivity index (χ1v) is 11.9. The summed E-state index contributed by atoms with van der Waals surface area (Å²) >= 11 is 5.99. The fourth-order valence-electron chi connectivity index (χ4n) is 4.33. The second-order valence-corrected chi connectivity index (χ2v) is 9.61. The molecule has 1 N–H and O–H groups in total. The highest BCUT2D eigenvalue weighted by atomic mass is 35.5. The van der Waals surface area contributed by atoms with Gasteiger partial charge < -0.3 is 10.2 Å². The van der Waals surface area contributed by atoms with E-state index in [1.54, 1.807) is 31.2 Å². The quantitative estimate of drug-likeness (QED) is 0.430. The van der Waals surface area contributed by atoms with Crippen molar-refractivity contribution in [1.82, 2.24) is 15.3 Å². The molecule has 0 bridgehead atoms. The van der Waals surface area contributed by atoms with Crippen LogP contribution in [-0.2, 0) is 11.0 Å². The number of carbonyl (C=O) groups excluding carboxylic acids is 1. The molecule has 1 atom stereocenters. The molecular formula is C26H22ClF3N4O2. The molecule has 1 saturated carbocycles. The van der Waals surface area contributed by atoms with Gasteiger partial charge in [-0.2, -0.15) is 13.2 Å². The number of pyridine rings is 2. The Morgan fingerprint density at radius 1 is 1.08 bits per heavy atom. The van der Waals surface area contributed by atoms with E-state index in [-0.39, 0.29) is 5.60 Å². The van der Waals surface area contributed by atoms with E-state index in [2.05, 4.69) is 20.4 Å². The van der Waals surface area contributed by atoms with Gasteiger partial charge >= 0.3 is 6.18 Å². The zero-order valence-electron chi connectivity index (χ0n) is 19.3. The minimum absolute atomic E-state index is 0.240. The summed E-state index contributed by atoms with van der Waals surface area (Å²) in [5.41, 5.74) is 2.44. The molecule has 36 heavy (non-hydrogen) atoms. The molecule has 186 valence electrons. The van der Waals surface area contributed by atoms with Crippen molar-refractivity contribution in [2.45, 2.75) is 50.4 Å². The average Bonchev–Trinajstić information content (AvgIpc) is 3.31. The lowest BCUT2D eigenvalue weighted by Crippen LogP contribution is -2.36. The molecule has 0 saturated heterocycles. The first kappa shape index (κ1) is 24.2. The van der Waals surface area contributed by atoms with Crippen molar-refractivity contribution in [1.29, 1.82) is 0 Å². The van der Waals surface area contributed by atoms with E-state index in [1.807, 2.05) is 6.07 Å². The third-order valence-electron chi connectivity index (χ3n) is 6.58. The number of halogens is 4. The molecule has 1 aliphatic heterocycles. The number of hydrogen-bond acceptors (Lipinski definition) is 5. The summed E-state index contributed by atoms with van der Waals surface area (Å²) in [6.07, 6.45) is 1.79. The van der Waals surface area contributed by atoms with Gasteiger partial charge in [0.2, 0.25) is 0 Å². The number of aromatic nitrogens is 2. The molecule has 10 heteroatoms. The van der Waals surface area contributed by atoms with E-state index in [1.165, 1.54) is 12.3 Å². The van der Waals surface area contributed by atoms with Crippen molar-refractivity contribution in [2.24, 2.45) is 5.16 Å². The number of oxime groups is 1. The maximum atomic E-state index is 13.2. The third-order valence-corrected chi connectivity index (χ3v) is 6.80. The number of amides is 1. The summed E-state index contributed by atoms with van der Waals surface area (Å²) in [5, 5.41) is 7.65. The van der Waals surface area contributed by atoms with Gasteiger partial charge in [0.25, 0.3) is 5.91 Å². The monoisotopic (exact) mass is 514 g/mol. The number of carbonyl (C=O) groups is 1. The fraction of sp³-hybridized carbons (Fsp3) is 0.308. The highest BCUT2D eigenvalue weighted by Crippen LogP contribution is 2.43. The van der Waals surface area contributed by atoms with Crippen LogP contribution in [0, 0.1) is 0 Å². The topological polar surface area (TPSA) is 76.5 Å². The summed E-state index contributed by atoms with van der Waals surface area (Å²) in [6, 6.07) is 10.5. The van der Waals surface area contributed by atoms with Crippen molar-refractivity contribution in [2.75, 3.05) is 0 Å². The fourth-order valence-corrected chi connectivity index (χ4v) is 4.44. The lowest BCUT2D eigenvalue weighted by Gasteiger charge is -2.34. The molecular weight excluding hydrogens is 493 g/mol. The second kappa shape index (κ2) is 9.20. The first-order chi connectivity index (χ1) is 17.1. The Kier molecular flexibility index (Phi) is 6.20. The van der Waals surface area contributed by atoms with Gasteiger partial charge in [-0.15, -0.1) is 0 Å². The van der Waals surface area contributed by atoms with Gasteiger partial charge in [0.05, 0.1) is 22.5 Å². The van der Waals surface area contributed by atoms with E-state index < -0.39 is 23.8 Å². The van der Waals surface area contributed by atoms with Gasteiger partial charge in [-0.05, 0) is 68.1 Å². The Bertz CT molecular complexity index is 1320. The Labute approximate surface area is 210 Å². The normalized spacial score (nSPS) is 17.2. The van der Waals surface area contributed by atoms with E-state index >= 15 is 0 Å². The van der Waals surface area contributed by atoms with Crippen LogP contribution >= 0.6 is 11.6 Å². The predicted octanol–water partition coefficient (Wildman–Crippen LogP) is 6.35. The third kappa shape index (κ3) is 4.93. The molecule has 5 rings (SSSR count). The molecule has 1 amide bonds. The summed E-state index contributed by atoms with van der Waals surface area (Å²) in [4.78, 5) is 26.8. The van der Waals surface area contributed by atoms with Gasteiger partial charge in [0.15, 0.2) is 0 Å². The van der Waals surface area contributed by atoms with Crippen molar-refractivity contribution in [3.8, 4) is 11.3 Å². The number of nitrogens with zero attached hydrogens (tertiary/aromatic N) is 3. The van der Waals surface area contributed by atoms with Gasteiger partial charge in [-0.1, -0.05) is 22.8 Å². The van der Waals surface area contributed by atoms with Gasteiger partial charge in [-0.3, -0.25) is 14.8 Å². The van der Waals surface area contributed by atoms with Crippen LogP contribution in [-0.4, -0.2) is 27.2 Å². The molecule has 1 aromatic carbocycles. The minimum Gasteiger partial charge on any atom is -0.389 e. The van der Waals surface area contributed by atoms with E-state index in [0.717, 1.165) is 42.8 Å². The van der Waals surface area contributed by atoms with Crippen LogP contribution in [0.15, 0.2) is 60.0 Å². The Morgan fingerprint density at radius 2 is 1.86 bits per heavy atom. The smallest absolute Gasteiger partial charge is 0.389 e. The van der Waals surface area contributed by atoms with E-state index in [0.29, 0.717) is 33.8 Å². The number of hydrogen-bond donors (Lipinski definition) is 1. The molecule has 1 spiro atoms. The van der Waals surface area contributed by atoms with Crippen LogP contribution in [0.1, 0.15) is 65.8 Å². The molecule has 6 nitrogen and oxygen atoms in total. The number of nitrogens with one attached hydrogen (secondary N) is 1. The minimum atomic E-state index is -4.53.